The summed E-state index contributed by atoms with van der Waals surface area (Å²) in [5.41, 5.74) is 8.34. The molecule has 0 saturated carbocycles. The van der Waals surface area contributed by atoms with Gasteiger partial charge in [-0.3, -0.25) is 4.98 Å². The lowest BCUT2D eigenvalue weighted by Crippen LogP contribution is -1.98. The van der Waals surface area contributed by atoms with Crippen molar-refractivity contribution < 1.29 is 9.84 Å². The molecule has 0 unspecified atom stereocenters. The van der Waals surface area contributed by atoms with Crippen LogP contribution in [0.2, 0.25) is 0 Å². The minimum absolute atomic E-state index is 0.244. The Hall–Kier alpha value is -2.75. The van der Waals surface area contributed by atoms with Crippen molar-refractivity contribution >= 4 is 16.6 Å². The SMILES string of the molecule is Nc1ccc(OCc2ccc(O)cc2)c2ncccc12. The fourth-order valence-electron chi connectivity index (χ4n) is 2.04. The molecule has 100 valence electrons. The van der Waals surface area contributed by atoms with Gasteiger partial charge in [0.25, 0.3) is 0 Å². The Morgan fingerprint density at radius 3 is 2.65 bits per heavy atom. The van der Waals surface area contributed by atoms with Crippen LogP contribution >= 0.6 is 0 Å². The Morgan fingerprint density at radius 1 is 1.05 bits per heavy atom. The maximum atomic E-state index is 9.25. The van der Waals surface area contributed by atoms with Crippen LogP contribution in [0.4, 0.5) is 5.69 Å². The minimum atomic E-state index is 0.244. The van der Waals surface area contributed by atoms with Gasteiger partial charge < -0.3 is 15.6 Å². The Kier molecular flexibility index (Phi) is 3.13. The molecule has 0 aliphatic carbocycles. The van der Waals surface area contributed by atoms with Crippen molar-refractivity contribution in [3.8, 4) is 11.5 Å². The molecule has 0 aliphatic rings. The lowest BCUT2D eigenvalue weighted by molar-refractivity contribution is 0.309. The van der Waals surface area contributed by atoms with Crippen LogP contribution in [-0.2, 0) is 6.61 Å². The summed E-state index contributed by atoms with van der Waals surface area (Å²) in [6, 6.07) is 14.3. The number of nitrogen functional groups attached to an aromatic ring is 1. The Labute approximate surface area is 116 Å². The Balaban J connectivity index is 1.88. The Morgan fingerprint density at radius 2 is 1.85 bits per heavy atom. The number of phenols is 1. The second-order valence-electron chi connectivity index (χ2n) is 4.51. The van der Waals surface area contributed by atoms with Crippen molar-refractivity contribution in [2.75, 3.05) is 5.73 Å². The molecular formula is C16H14N2O2. The number of aromatic nitrogens is 1. The summed E-state index contributed by atoms with van der Waals surface area (Å²) in [5, 5.41) is 10.1. The zero-order valence-corrected chi connectivity index (χ0v) is 10.8. The van der Waals surface area contributed by atoms with Crippen LogP contribution in [-0.4, -0.2) is 10.1 Å². The second kappa shape index (κ2) is 5.09. The third kappa shape index (κ3) is 2.36. The van der Waals surface area contributed by atoms with Gasteiger partial charge in [-0.2, -0.15) is 0 Å². The van der Waals surface area contributed by atoms with Gasteiger partial charge in [-0.15, -0.1) is 0 Å². The molecule has 4 nitrogen and oxygen atoms in total. The highest BCUT2D eigenvalue weighted by Crippen LogP contribution is 2.28. The number of pyridine rings is 1. The molecular weight excluding hydrogens is 252 g/mol. The zero-order chi connectivity index (χ0) is 13.9. The van der Waals surface area contributed by atoms with E-state index in [0.29, 0.717) is 18.0 Å². The predicted octanol–water partition coefficient (Wildman–Crippen LogP) is 3.10. The van der Waals surface area contributed by atoms with E-state index in [9.17, 15) is 5.11 Å². The van der Waals surface area contributed by atoms with Gasteiger partial charge in [0, 0.05) is 17.3 Å². The zero-order valence-electron chi connectivity index (χ0n) is 10.8. The van der Waals surface area contributed by atoms with E-state index in [2.05, 4.69) is 4.98 Å². The third-order valence-electron chi connectivity index (χ3n) is 3.10. The molecule has 0 bridgehead atoms. The smallest absolute Gasteiger partial charge is 0.146 e. The molecule has 1 heterocycles. The Bertz CT molecular complexity index is 739. The summed E-state index contributed by atoms with van der Waals surface area (Å²) in [6.45, 7) is 0.413. The van der Waals surface area contributed by atoms with E-state index in [0.717, 1.165) is 16.5 Å². The molecule has 3 aromatic rings. The van der Waals surface area contributed by atoms with Gasteiger partial charge in [0.2, 0.25) is 0 Å². The summed E-state index contributed by atoms with van der Waals surface area (Å²) in [5.74, 6) is 0.941. The fraction of sp³-hybridized carbons (Fsp3) is 0.0625. The molecule has 2 aromatic carbocycles. The lowest BCUT2D eigenvalue weighted by atomic mass is 10.1. The first-order valence-electron chi connectivity index (χ1n) is 6.28. The van der Waals surface area contributed by atoms with Gasteiger partial charge in [-0.05, 0) is 42.0 Å². The average molecular weight is 266 g/mol. The molecule has 0 amide bonds. The molecule has 20 heavy (non-hydrogen) atoms. The summed E-state index contributed by atoms with van der Waals surface area (Å²) in [7, 11) is 0. The second-order valence-corrected chi connectivity index (χ2v) is 4.51. The average Bonchev–Trinajstić information content (AvgIpc) is 2.49. The summed E-state index contributed by atoms with van der Waals surface area (Å²) in [6.07, 6.45) is 1.72. The highest BCUT2D eigenvalue weighted by molar-refractivity contribution is 5.94. The van der Waals surface area contributed by atoms with E-state index in [-0.39, 0.29) is 5.75 Å². The van der Waals surface area contributed by atoms with Crippen LogP contribution in [0, 0.1) is 0 Å². The van der Waals surface area contributed by atoms with Crippen molar-refractivity contribution in [3.05, 3.63) is 60.3 Å². The number of rotatable bonds is 3. The standard InChI is InChI=1S/C16H14N2O2/c17-14-7-8-15(16-13(14)2-1-9-18-16)20-10-11-3-5-12(19)6-4-11/h1-9,19H,10,17H2. The minimum Gasteiger partial charge on any atom is -0.508 e. The number of hydrogen-bond donors (Lipinski definition) is 2. The highest BCUT2D eigenvalue weighted by atomic mass is 16.5. The number of anilines is 1. The van der Waals surface area contributed by atoms with E-state index in [1.165, 1.54) is 0 Å². The third-order valence-corrected chi connectivity index (χ3v) is 3.10. The summed E-state index contributed by atoms with van der Waals surface area (Å²) in [4.78, 5) is 4.32. The number of fused-ring (bicyclic) bond motifs is 1. The van der Waals surface area contributed by atoms with Crippen molar-refractivity contribution in [3.63, 3.8) is 0 Å². The molecule has 1 aromatic heterocycles. The van der Waals surface area contributed by atoms with Crippen molar-refractivity contribution in [1.82, 2.24) is 4.98 Å². The van der Waals surface area contributed by atoms with Crippen molar-refractivity contribution in [2.45, 2.75) is 6.61 Å². The van der Waals surface area contributed by atoms with E-state index in [4.69, 9.17) is 10.5 Å². The number of nitrogens with zero attached hydrogens (tertiary/aromatic N) is 1. The van der Waals surface area contributed by atoms with Crippen LogP contribution < -0.4 is 10.5 Å². The lowest BCUT2D eigenvalue weighted by Gasteiger charge is -2.10. The summed E-state index contributed by atoms with van der Waals surface area (Å²) < 4.78 is 5.80. The largest absolute Gasteiger partial charge is 0.508 e. The fourth-order valence-corrected chi connectivity index (χ4v) is 2.04. The van der Waals surface area contributed by atoms with Crippen LogP contribution in [0.1, 0.15) is 5.56 Å². The molecule has 0 saturated heterocycles. The first kappa shape index (κ1) is 12.3. The number of nitrogens with two attached hydrogens (primary N) is 1. The van der Waals surface area contributed by atoms with Gasteiger partial charge in [-0.25, -0.2) is 0 Å². The van der Waals surface area contributed by atoms with Crippen molar-refractivity contribution in [2.24, 2.45) is 0 Å². The van der Waals surface area contributed by atoms with E-state index in [1.807, 2.05) is 36.4 Å². The van der Waals surface area contributed by atoms with Gasteiger partial charge >= 0.3 is 0 Å². The molecule has 3 rings (SSSR count). The highest BCUT2D eigenvalue weighted by Gasteiger charge is 2.06. The monoisotopic (exact) mass is 266 g/mol. The first-order chi connectivity index (χ1) is 9.74. The predicted molar refractivity (Wildman–Crippen MR) is 78.6 cm³/mol. The van der Waals surface area contributed by atoms with Crippen molar-refractivity contribution in [1.29, 1.82) is 0 Å². The molecule has 4 heteroatoms. The van der Waals surface area contributed by atoms with Crippen LogP contribution in [0.3, 0.4) is 0 Å². The van der Waals surface area contributed by atoms with Crippen LogP contribution in [0.15, 0.2) is 54.7 Å². The number of hydrogen-bond acceptors (Lipinski definition) is 4. The van der Waals surface area contributed by atoms with E-state index >= 15 is 0 Å². The number of ether oxygens (including phenoxy) is 1. The topological polar surface area (TPSA) is 68.4 Å². The molecule has 3 N–H and O–H groups in total. The van der Waals surface area contributed by atoms with Gasteiger partial charge in [0.15, 0.2) is 0 Å². The number of benzene rings is 2. The van der Waals surface area contributed by atoms with Gasteiger partial charge in [0.05, 0.1) is 0 Å². The first-order valence-corrected chi connectivity index (χ1v) is 6.28. The van der Waals surface area contributed by atoms with E-state index < -0.39 is 0 Å². The van der Waals surface area contributed by atoms with Crippen LogP contribution in [0.5, 0.6) is 11.5 Å². The maximum Gasteiger partial charge on any atom is 0.146 e. The molecule has 0 fully saturated rings. The molecule has 0 spiro atoms. The quantitative estimate of drug-likeness (QED) is 0.715. The van der Waals surface area contributed by atoms with E-state index in [1.54, 1.807) is 18.3 Å². The number of aromatic hydroxyl groups is 1. The molecule has 0 atom stereocenters. The summed E-state index contributed by atoms with van der Waals surface area (Å²) >= 11 is 0. The maximum absolute atomic E-state index is 9.25. The molecule has 0 aliphatic heterocycles. The normalized spacial score (nSPS) is 10.6. The molecule has 0 radical (unpaired) electrons. The van der Waals surface area contributed by atoms with Gasteiger partial charge in [-0.1, -0.05) is 12.1 Å². The van der Waals surface area contributed by atoms with Gasteiger partial charge in [0.1, 0.15) is 23.6 Å². The van der Waals surface area contributed by atoms with Crippen LogP contribution in [0.25, 0.3) is 10.9 Å². The number of phenolic OH excluding ortho intramolecular Hbond substituents is 1.